The number of hydrazone groups is 1. The maximum atomic E-state index is 12.6. The molecule has 0 amide bonds. The van der Waals surface area contributed by atoms with Gasteiger partial charge in [0.2, 0.25) is 10.0 Å². The van der Waals surface area contributed by atoms with Gasteiger partial charge in [0.05, 0.1) is 18.1 Å². The Hall–Kier alpha value is -1.60. The second-order valence-electron chi connectivity index (χ2n) is 5.39. The predicted molar refractivity (Wildman–Crippen MR) is 92.7 cm³/mol. The maximum absolute atomic E-state index is 12.6. The van der Waals surface area contributed by atoms with Crippen LogP contribution in [0.1, 0.15) is 37.1 Å². The van der Waals surface area contributed by atoms with E-state index in [0.717, 1.165) is 10.0 Å². The van der Waals surface area contributed by atoms with E-state index in [-0.39, 0.29) is 11.8 Å². The van der Waals surface area contributed by atoms with Crippen LogP contribution in [0, 0.1) is 0 Å². The molecule has 0 aliphatic carbocycles. The molecule has 1 aliphatic heterocycles. The van der Waals surface area contributed by atoms with Gasteiger partial charge in [-0.15, -0.1) is 0 Å². The second kappa shape index (κ2) is 6.49. The van der Waals surface area contributed by atoms with Crippen molar-refractivity contribution in [1.82, 2.24) is 4.41 Å². The Morgan fingerprint density at radius 2 is 2.17 bits per heavy atom. The van der Waals surface area contributed by atoms with E-state index in [9.17, 15) is 8.42 Å². The van der Waals surface area contributed by atoms with Crippen LogP contribution < -0.4 is 0 Å². The average Bonchev–Trinajstić information content (AvgIpc) is 3.17. The largest absolute Gasteiger partial charge is 0.463 e. The molecule has 0 spiro atoms. The number of sulfonamides is 1. The highest BCUT2D eigenvalue weighted by molar-refractivity contribution is 9.10. The molecule has 3 rings (SSSR count). The lowest BCUT2D eigenvalue weighted by atomic mass is 10.0. The lowest BCUT2D eigenvalue weighted by Crippen LogP contribution is -2.29. The third kappa shape index (κ3) is 3.35. The second-order valence-corrected chi connectivity index (χ2v) is 8.25. The molecule has 1 aromatic heterocycles. The zero-order chi connectivity index (χ0) is 16.4. The molecule has 1 unspecified atom stereocenters. The summed E-state index contributed by atoms with van der Waals surface area (Å²) in [4.78, 5) is 0. The molecule has 1 aromatic carbocycles. The van der Waals surface area contributed by atoms with E-state index in [0.29, 0.717) is 24.3 Å². The summed E-state index contributed by atoms with van der Waals surface area (Å²) in [7, 11) is -3.46. The van der Waals surface area contributed by atoms with Gasteiger partial charge in [-0.1, -0.05) is 35.0 Å². The van der Waals surface area contributed by atoms with E-state index in [1.165, 1.54) is 4.41 Å². The van der Waals surface area contributed by atoms with Gasteiger partial charge < -0.3 is 4.42 Å². The SMILES string of the molecule is CCCS(=O)(=O)N1N=C(c2ccco2)CC1c1cccc(Br)c1. The normalized spacial score (nSPS) is 18.3. The minimum absolute atomic E-state index is 0.0758. The van der Waals surface area contributed by atoms with Crippen LogP contribution in [0.3, 0.4) is 0 Å². The van der Waals surface area contributed by atoms with Crippen LogP contribution in [0.2, 0.25) is 0 Å². The number of hydrogen-bond acceptors (Lipinski definition) is 4. The van der Waals surface area contributed by atoms with Crippen molar-refractivity contribution in [2.75, 3.05) is 5.75 Å². The molecule has 1 atom stereocenters. The Kier molecular flexibility index (Phi) is 4.59. The predicted octanol–water partition coefficient (Wildman–Crippen LogP) is 3.93. The summed E-state index contributed by atoms with van der Waals surface area (Å²) >= 11 is 3.44. The van der Waals surface area contributed by atoms with Crippen molar-refractivity contribution in [3.63, 3.8) is 0 Å². The molecule has 0 fully saturated rings. The maximum Gasteiger partial charge on any atom is 0.250 e. The Morgan fingerprint density at radius 1 is 1.35 bits per heavy atom. The quantitative estimate of drug-likeness (QED) is 0.768. The fourth-order valence-corrected chi connectivity index (χ4v) is 4.58. The van der Waals surface area contributed by atoms with Crippen molar-refractivity contribution in [3.05, 3.63) is 58.5 Å². The van der Waals surface area contributed by atoms with Crippen LogP contribution in [0.25, 0.3) is 0 Å². The Morgan fingerprint density at radius 3 is 2.83 bits per heavy atom. The zero-order valence-corrected chi connectivity index (χ0v) is 15.0. The first kappa shape index (κ1) is 16.3. The van der Waals surface area contributed by atoms with Crippen LogP contribution in [0.15, 0.2) is 56.7 Å². The fourth-order valence-electron chi connectivity index (χ4n) is 2.65. The summed E-state index contributed by atoms with van der Waals surface area (Å²) in [5.41, 5.74) is 1.56. The van der Waals surface area contributed by atoms with Gasteiger partial charge in [0.1, 0.15) is 11.5 Å². The first-order chi connectivity index (χ1) is 11.0. The molecule has 0 radical (unpaired) electrons. The van der Waals surface area contributed by atoms with Crippen LogP contribution in [0.5, 0.6) is 0 Å². The highest BCUT2D eigenvalue weighted by Gasteiger charge is 2.37. The fraction of sp³-hybridized carbons (Fsp3) is 0.312. The number of nitrogens with zero attached hydrogens (tertiary/aromatic N) is 2. The van der Waals surface area contributed by atoms with Gasteiger partial charge in [-0.25, -0.2) is 8.42 Å². The standard InChI is InChI=1S/C16H17BrN2O3S/c1-2-9-23(20,21)19-15(12-5-3-6-13(17)10-12)11-14(18-19)16-7-4-8-22-16/h3-8,10,15H,2,9,11H2,1H3. The van der Waals surface area contributed by atoms with Crippen molar-refractivity contribution in [1.29, 1.82) is 0 Å². The lowest BCUT2D eigenvalue weighted by Gasteiger charge is -2.23. The summed E-state index contributed by atoms with van der Waals surface area (Å²) in [6.07, 6.45) is 2.61. The highest BCUT2D eigenvalue weighted by Crippen LogP contribution is 2.36. The monoisotopic (exact) mass is 396 g/mol. The van der Waals surface area contributed by atoms with E-state index in [4.69, 9.17) is 4.42 Å². The van der Waals surface area contributed by atoms with E-state index in [1.807, 2.05) is 31.2 Å². The number of hydrogen-bond donors (Lipinski definition) is 0. The van der Waals surface area contributed by atoms with Gasteiger partial charge in [0.25, 0.3) is 0 Å². The molecule has 7 heteroatoms. The number of halogens is 1. The van der Waals surface area contributed by atoms with Gasteiger partial charge in [-0.2, -0.15) is 9.52 Å². The van der Waals surface area contributed by atoms with E-state index >= 15 is 0 Å². The third-order valence-corrected chi connectivity index (χ3v) is 5.98. The lowest BCUT2D eigenvalue weighted by molar-refractivity contribution is 0.371. The molecule has 1 aliphatic rings. The number of furan rings is 1. The van der Waals surface area contributed by atoms with Crippen LogP contribution in [0.4, 0.5) is 0 Å². The zero-order valence-electron chi connectivity index (χ0n) is 12.6. The van der Waals surface area contributed by atoms with E-state index < -0.39 is 10.0 Å². The minimum atomic E-state index is -3.46. The van der Waals surface area contributed by atoms with Gasteiger partial charge in [0, 0.05) is 10.9 Å². The van der Waals surface area contributed by atoms with Gasteiger partial charge in [-0.05, 0) is 36.2 Å². The van der Waals surface area contributed by atoms with Crippen molar-refractivity contribution in [2.24, 2.45) is 5.10 Å². The Labute approximate surface area is 144 Å². The molecular weight excluding hydrogens is 380 g/mol. The molecular formula is C16H17BrN2O3S. The van der Waals surface area contributed by atoms with Gasteiger partial charge in [-0.3, -0.25) is 0 Å². The summed E-state index contributed by atoms with van der Waals surface area (Å²) in [6.45, 7) is 1.85. The summed E-state index contributed by atoms with van der Waals surface area (Å²) in [5.74, 6) is 0.686. The summed E-state index contributed by atoms with van der Waals surface area (Å²) in [6, 6.07) is 10.9. The first-order valence-corrected chi connectivity index (χ1v) is 9.80. The van der Waals surface area contributed by atoms with Crippen molar-refractivity contribution in [3.8, 4) is 0 Å². The van der Waals surface area contributed by atoms with Crippen LogP contribution >= 0.6 is 15.9 Å². The van der Waals surface area contributed by atoms with Crippen molar-refractivity contribution < 1.29 is 12.8 Å². The van der Waals surface area contributed by atoms with Crippen LogP contribution in [-0.2, 0) is 10.0 Å². The number of rotatable bonds is 5. The van der Waals surface area contributed by atoms with Crippen molar-refractivity contribution in [2.45, 2.75) is 25.8 Å². The first-order valence-electron chi connectivity index (χ1n) is 7.40. The molecule has 23 heavy (non-hydrogen) atoms. The summed E-state index contributed by atoms with van der Waals surface area (Å²) < 4.78 is 32.7. The smallest absolute Gasteiger partial charge is 0.250 e. The molecule has 0 saturated carbocycles. The molecule has 5 nitrogen and oxygen atoms in total. The molecule has 2 aromatic rings. The average molecular weight is 397 g/mol. The molecule has 0 bridgehead atoms. The third-order valence-electron chi connectivity index (χ3n) is 3.66. The van der Waals surface area contributed by atoms with Gasteiger partial charge >= 0.3 is 0 Å². The Bertz CT molecular complexity index is 816. The molecule has 122 valence electrons. The molecule has 2 heterocycles. The summed E-state index contributed by atoms with van der Waals surface area (Å²) in [5, 5.41) is 4.36. The molecule has 0 saturated heterocycles. The van der Waals surface area contributed by atoms with Crippen LogP contribution in [-0.4, -0.2) is 24.3 Å². The topological polar surface area (TPSA) is 62.9 Å². The minimum Gasteiger partial charge on any atom is -0.463 e. The molecule has 0 N–H and O–H groups in total. The van der Waals surface area contributed by atoms with Gasteiger partial charge in [0.15, 0.2) is 0 Å². The van der Waals surface area contributed by atoms with Crippen molar-refractivity contribution >= 4 is 31.7 Å². The Balaban J connectivity index is 2.01. The van der Waals surface area contributed by atoms with E-state index in [2.05, 4.69) is 21.0 Å². The number of benzene rings is 1. The highest BCUT2D eigenvalue weighted by atomic mass is 79.9. The van der Waals surface area contributed by atoms with E-state index in [1.54, 1.807) is 18.4 Å².